The number of nitro groups is 1. The maximum absolute atomic E-state index is 13.4. The first kappa shape index (κ1) is 20.7. The number of rotatable bonds is 2. The van der Waals surface area contributed by atoms with Crippen molar-refractivity contribution in [2.75, 3.05) is 4.90 Å². The van der Waals surface area contributed by atoms with E-state index in [0.29, 0.717) is 11.3 Å². The van der Waals surface area contributed by atoms with Crippen LogP contribution in [0.3, 0.4) is 0 Å². The predicted molar refractivity (Wildman–Crippen MR) is 109 cm³/mol. The monoisotopic (exact) mass is 457 g/mol. The Labute approximate surface area is 179 Å². The Hall–Kier alpha value is -2.59. The van der Waals surface area contributed by atoms with Gasteiger partial charge in [0.2, 0.25) is 0 Å². The lowest BCUT2D eigenvalue weighted by Crippen LogP contribution is -2.69. The Morgan fingerprint density at radius 3 is 2.63 bits per heavy atom. The summed E-state index contributed by atoms with van der Waals surface area (Å²) in [5.41, 5.74) is -1.46. The molecule has 3 atom stereocenters. The lowest BCUT2D eigenvalue weighted by Gasteiger charge is -2.56. The fraction of sp³-hybridized carbons (Fsp3) is 0.316. The van der Waals surface area contributed by atoms with Crippen molar-refractivity contribution < 1.29 is 22.8 Å². The molecule has 30 heavy (non-hydrogen) atoms. The number of hydrogen-bond acceptors (Lipinski definition) is 4. The number of halogens is 4. The average Bonchev–Trinajstić information content (AvgIpc) is 2.64. The van der Waals surface area contributed by atoms with Gasteiger partial charge < -0.3 is 10.1 Å². The largest absolute Gasteiger partial charge is 0.467 e. The van der Waals surface area contributed by atoms with Crippen LogP contribution in [-0.2, 0) is 6.18 Å². The Bertz CT molecular complexity index is 1080. The maximum atomic E-state index is 13.4. The quantitative estimate of drug-likeness (QED) is 0.367. The standard InChI is InChI=1S/C19H15ClF3N3O3S/c1-9-16-12-7-11(26(27)28)4-6-15(12)29-18(9,2)25(17(30)24-16)10-3-5-14(20)13(8-10)19(21,22)23/h3-9,16H,1-2H3,(H,24,30)/t9-,16-,18-/m0/s1. The molecule has 2 aromatic rings. The highest BCUT2D eigenvalue weighted by atomic mass is 35.5. The van der Waals surface area contributed by atoms with Crippen LogP contribution < -0.4 is 15.0 Å². The van der Waals surface area contributed by atoms with Crippen LogP contribution in [0.1, 0.15) is 31.0 Å². The summed E-state index contributed by atoms with van der Waals surface area (Å²) in [6.07, 6.45) is -4.63. The van der Waals surface area contributed by atoms with Gasteiger partial charge in [0.1, 0.15) is 5.75 Å². The van der Waals surface area contributed by atoms with E-state index in [0.717, 1.165) is 6.07 Å². The summed E-state index contributed by atoms with van der Waals surface area (Å²) in [4.78, 5) is 12.1. The number of nitro benzene ring substituents is 1. The van der Waals surface area contributed by atoms with Gasteiger partial charge in [-0.3, -0.25) is 15.0 Å². The van der Waals surface area contributed by atoms with Crippen molar-refractivity contribution in [2.24, 2.45) is 5.92 Å². The second-order valence-electron chi connectivity index (χ2n) is 7.35. The number of hydrogen-bond donors (Lipinski definition) is 1. The smallest absolute Gasteiger partial charge is 0.417 e. The molecule has 0 amide bonds. The second kappa shape index (κ2) is 6.71. The summed E-state index contributed by atoms with van der Waals surface area (Å²) in [7, 11) is 0. The average molecular weight is 458 g/mol. The van der Waals surface area contributed by atoms with E-state index >= 15 is 0 Å². The third-order valence-corrected chi connectivity index (χ3v) is 6.27. The zero-order valence-corrected chi connectivity index (χ0v) is 17.2. The normalized spacial score (nSPS) is 25.3. The van der Waals surface area contributed by atoms with Gasteiger partial charge in [-0.1, -0.05) is 18.5 Å². The number of thiocarbonyl (C=S) groups is 1. The minimum absolute atomic E-state index is 0.0872. The molecule has 0 saturated carbocycles. The highest BCUT2D eigenvalue weighted by Gasteiger charge is 2.54. The zero-order chi connectivity index (χ0) is 22.0. The van der Waals surface area contributed by atoms with Crippen LogP contribution in [0, 0.1) is 16.0 Å². The van der Waals surface area contributed by atoms with Gasteiger partial charge in [-0.25, -0.2) is 0 Å². The minimum Gasteiger partial charge on any atom is -0.467 e. The van der Waals surface area contributed by atoms with Crippen LogP contribution in [-0.4, -0.2) is 15.8 Å². The van der Waals surface area contributed by atoms with Crippen molar-refractivity contribution in [3.8, 4) is 5.75 Å². The molecule has 1 saturated heterocycles. The lowest BCUT2D eigenvalue weighted by atomic mass is 9.80. The van der Waals surface area contributed by atoms with E-state index in [-0.39, 0.29) is 22.4 Å². The van der Waals surface area contributed by atoms with Crippen molar-refractivity contribution in [3.05, 3.63) is 62.7 Å². The molecule has 0 radical (unpaired) electrons. The van der Waals surface area contributed by atoms with Crippen molar-refractivity contribution >= 4 is 40.3 Å². The molecule has 11 heteroatoms. The summed E-state index contributed by atoms with van der Waals surface area (Å²) in [6, 6.07) is 7.37. The number of alkyl halides is 3. The first-order chi connectivity index (χ1) is 13.9. The summed E-state index contributed by atoms with van der Waals surface area (Å²) in [5, 5.41) is 14.0. The van der Waals surface area contributed by atoms with Crippen LogP contribution in [0.2, 0.25) is 5.02 Å². The van der Waals surface area contributed by atoms with E-state index in [9.17, 15) is 23.3 Å². The molecule has 4 rings (SSSR count). The highest BCUT2D eigenvalue weighted by molar-refractivity contribution is 7.80. The molecule has 2 aliphatic heterocycles. The van der Waals surface area contributed by atoms with Crippen LogP contribution in [0.5, 0.6) is 5.75 Å². The number of nitrogens with zero attached hydrogens (tertiary/aromatic N) is 2. The highest BCUT2D eigenvalue weighted by Crippen LogP contribution is 2.50. The molecular formula is C19H15ClF3N3O3S. The zero-order valence-electron chi connectivity index (χ0n) is 15.7. The fourth-order valence-electron chi connectivity index (χ4n) is 3.97. The van der Waals surface area contributed by atoms with Gasteiger partial charge in [0.05, 0.1) is 21.6 Å². The summed E-state index contributed by atoms with van der Waals surface area (Å²) < 4.78 is 46.3. The number of fused-ring (bicyclic) bond motifs is 4. The molecule has 2 heterocycles. The number of anilines is 1. The van der Waals surface area contributed by atoms with Gasteiger partial charge in [0.25, 0.3) is 5.69 Å². The number of nitrogens with one attached hydrogen (secondary N) is 1. The molecule has 2 aliphatic rings. The van der Waals surface area contributed by atoms with Crippen molar-refractivity contribution in [1.82, 2.24) is 5.32 Å². The van der Waals surface area contributed by atoms with E-state index in [1.807, 2.05) is 6.92 Å². The lowest BCUT2D eigenvalue weighted by molar-refractivity contribution is -0.385. The number of non-ortho nitro benzene ring substituents is 1. The van der Waals surface area contributed by atoms with Gasteiger partial charge in [-0.2, -0.15) is 13.2 Å². The summed E-state index contributed by atoms with van der Waals surface area (Å²) in [5.74, 6) is 0.0833. The van der Waals surface area contributed by atoms with Crippen molar-refractivity contribution in [1.29, 1.82) is 0 Å². The van der Waals surface area contributed by atoms with Gasteiger partial charge >= 0.3 is 6.18 Å². The molecule has 0 spiro atoms. The molecule has 0 aliphatic carbocycles. The Kier molecular flexibility index (Phi) is 4.62. The van der Waals surface area contributed by atoms with E-state index < -0.39 is 33.5 Å². The number of benzene rings is 2. The topological polar surface area (TPSA) is 67.6 Å². The Morgan fingerprint density at radius 2 is 2.00 bits per heavy atom. The van der Waals surface area contributed by atoms with Crippen molar-refractivity contribution in [3.63, 3.8) is 0 Å². The Balaban J connectivity index is 1.83. The molecular weight excluding hydrogens is 443 g/mol. The third kappa shape index (κ3) is 3.05. The molecule has 6 nitrogen and oxygen atoms in total. The van der Waals surface area contributed by atoms with Crippen LogP contribution in [0.4, 0.5) is 24.5 Å². The van der Waals surface area contributed by atoms with Crippen LogP contribution in [0.15, 0.2) is 36.4 Å². The van der Waals surface area contributed by atoms with Crippen molar-refractivity contribution in [2.45, 2.75) is 31.8 Å². The Morgan fingerprint density at radius 1 is 1.30 bits per heavy atom. The summed E-state index contributed by atoms with van der Waals surface area (Å²) in [6.45, 7) is 3.57. The minimum atomic E-state index is -4.63. The fourth-order valence-corrected chi connectivity index (χ4v) is 4.61. The van der Waals surface area contributed by atoms with E-state index in [4.69, 9.17) is 28.6 Å². The molecule has 0 aromatic heterocycles. The molecule has 0 unspecified atom stereocenters. The predicted octanol–water partition coefficient (Wildman–Crippen LogP) is 5.45. The first-order valence-electron chi connectivity index (χ1n) is 8.88. The van der Waals surface area contributed by atoms with E-state index in [1.54, 1.807) is 6.92 Å². The SMILES string of the molecule is C[C@H]1[C@@H]2NC(=S)N(c3ccc(Cl)c(C(F)(F)F)c3)[C@@]1(C)Oc1ccc([N+](=O)[O-])cc12. The second-order valence-corrected chi connectivity index (χ2v) is 8.14. The van der Waals surface area contributed by atoms with E-state index in [1.165, 1.54) is 35.2 Å². The van der Waals surface area contributed by atoms with Crippen LogP contribution in [0.25, 0.3) is 0 Å². The van der Waals surface area contributed by atoms with Gasteiger partial charge in [0, 0.05) is 29.3 Å². The summed E-state index contributed by atoms with van der Waals surface area (Å²) >= 11 is 11.2. The molecule has 2 bridgehead atoms. The van der Waals surface area contributed by atoms with Gasteiger partial charge in [-0.05, 0) is 43.4 Å². The maximum Gasteiger partial charge on any atom is 0.417 e. The molecule has 158 valence electrons. The van der Waals surface area contributed by atoms with Gasteiger partial charge in [-0.15, -0.1) is 0 Å². The van der Waals surface area contributed by atoms with Crippen LogP contribution >= 0.6 is 23.8 Å². The first-order valence-corrected chi connectivity index (χ1v) is 9.67. The van der Waals surface area contributed by atoms with Gasteiger partial charge in [0.15, 0.2) is 10.8 Å². The third-order valence-electron chi connectivity index (χ3n) is 5.64. The van der Waals surface area contributed by atoms with E-state index in [2.05, 4.69) is 5.32 Å². The molecule has 1 fully saturated rings. The number of ether oxygens (including phenoxy) is 1. The molecule has 1 N–H and O–H groups in total. The molecule has 2 aromatic carbocycles.